The monoisotopic (exact) mass is 199 g/mol. The van der Waals surface area contributed by atoms with Crippen LogP contribution in [0.15, 0.2) is 12.1 Å². The van der Waals surface area contributed by atoms with Crippen LogP contribution in [-0.2, 0) is 0 Å². The van der Waals surface area contributed by atoms with Crippen molar-refractivity contribution in [2.75, 3.05) is 0 Å². The molecule has 0 aromatic heterocycles. The molecule has 0 saturated carbocycles. The normalized spacial score (nSPS) is 12.9. The van der Waals surface area contributed by atoms with Crippen molar-refractivity contribution >= 4 is 0 Å². The van der Waals surface area contributed by atoms with Crippen LogP contribution in [0, 0.1) is 18.6 Å². The maximum atomic E-state index is 13.1. The van der Waals surface area contributed by atoms with Crippen LogP contribution in [0.4, 0.5) is 8.78 Å². The van der Waals surface area contributed by atoms with E-state index in [1.54, 1.807) is 6.92 Å². The van der Waals surface area contributed by atoms with Crippen molar-refractivity contribution in [3.63, 3.8) is 0 Å². The van der Waals surface area contributed by atoms with E-state index < -0.39 is 11.6 Å². The number of rotatable bonds is 3. The van der Waals surface area contributed by atoms with E-state index in [9.17, 15) is 8.78 Å². The minimum absolute atomic E-state index is 0.273. The number of hydrogen-bond acceptors (Lipinski definition) is 1. The molecular formula is C11H15F2N. The number of benzene rings is 1. The minimum Gasteiger partial charge on any atom is -0.324 e. The average molecular weight is 199 g/mol. The van der Waals surface area contributed by atoms with Crippen molar-refractivity contribution in [3.05, 3.63) is 34.9 Å². The van der Waals surface area contributed by atoms with Crippen LogP contribution in [0.25, 0.3) is 0 Å². The molecule has 1 unspecified atom stereocenters. The molecule has 1 aromatic rings. The lowest BCUT2D eigenvalue weighted by Gasteiger charge is -2.14. The predicted molar refractivity (Wildman–Crippen MR) is 52.9 cm³/mol. The molecular weight excluding hydrogens is 184 g/mol. The largest absolute Gasteiger partial charge is 0.324 e. The summed E-state index contributed by atoms with van der Waals surface area (Å²) in [4.78, 5) is 0. The molecule has 0 heterocycles. The molecule has 3 heteroatoms. The molecule has 1 nitrogen and oxygen atoms in total. The van der Waals surface area contributed by atoms with Crippen molar-refractivity contribution in [2.24, 2.45) is 5.73 Å². The third-order valence-electron chi connectivity index (χ3n) is 2.35. The lowest BCUT2D eigenvalue weighted by molar-refractivity contribution is 0.558. The zero-order valence-corrected chi connectivity index (χ0v) is 8.48. The second kappa shape index (κ2) is 4.51. The summed E-state index contributed by atoms with van der Waals surface area (Å²) >= 11 is 0. The number of nitrogens with two attached hydrogens (primary N) is 1. The van der Waals surface area contributed by atoms with Crippen LogP contribution in [0.1, 0.15) is 36.9 Å². The molecule has 1 rings (SSSR count). The Kier molecular flexibility index (Phi) is 3.58. The van der Waals surface area contributed by atoms with Gasteiger partial charge in [0.05, 0.1) is 0 Å². The topological polar surface area (TPSA) is 26.0 Å². The van der Waals surface area contributed by atoms with Crippen LogP contribution in [0.3, 0.4) is 0 Å². The number of hydrogen-bond donors (Lipinski definition) is 1. The smallest absolute Gasteiger partial charge is 0.129 e. The van der Waals surface area contributed by atoms with Crippen molar-refractivity contribution < 1.29 is 8.78 Å². The Balaban J connectivity index is 3.07. The van der Waals surface area contributed by atoms with Crippen LogP contribution in [-0.4, -0.2) is 0 Å². The van der Waals surface area contributed by atoms with E-state index >= 15 is 0 Å². The molecule has 0 radical (unpaired) electrons. The van der Waals surface area contributed by atoms with Crippen LogP contribution >= 0.6 is 0 Å². The highest BCUT2D eigenvalue weighted by atomic mass is 19.1. The van der Waals surface area contributed by atoms with Crippen molar-refractivity contribution in [1.82, 2.24) is 0 Å². The Morgan fingerprint density at radius 1 is 1.36 bits per heavy atom. The fourth-order valence-electron chi connectivity index (χ4n) is 1.52. The van der Waals surface area contributed by atoms with Crippen LogP contribution in [0.5, 0.6) is 0 Å². The van der Waals surface area contributed by atoms with Gasteiger partial charge >= 0.3 is 0 Å². The summed E-state index contributed by atoms with van der Waals surface area (Å²) in [5.41, 5.74) is 6.84. The summed E-state index contributed by atoms with van der Waals surface area (Å²) in [7, 11) is 0. The Hall–Kier alpha value is -0.960. The number of halogens is 2. The van der Waals surface area contributed by atoms with Gasteiger partial charge < -0.3 is 5.73 Å². The van der Waals surface area contributed by atoms with Crippen LogP contribution < -0.4 is 5.73 Å². The lowest BCUT2D eigenvalue weighted by atomic mass is 9.98. The van der Waals surface area contributed by atoms with Gasteiger partial charge in [-0.25, -0.2) is 8.78 Å². The highest BCUT2D eigenvalue weighted by Gasteiger charge is 2.12. The molecule has 0 saturated heterocycles. The Bertz CT molecular complexity index is 323. The summed E-state index contributed by atoms with van der Waals surface area (Å²) in [5.74, 6) is -1.08. The van der Waals surface area contributed by atoms with E-state index in [1.165, 1.54) is 6.07 Å². The van der Waals surface area contributed by atoms with Gasteiger partial charge in [0, 0.05) is 12.1 Å². The second-order valence-electron chi connectivity index (χ2n) is 3.50. The van der Waals surface area contributed by atoms with E-state index in [-0.39, 0.29) is 6.04 Å². The molecule has 0 bridgehead atoms. The first-order valence-corrected chi connectivity index (χ1v) is 4.77. The second-order valence-corrected chi connectivity index (χ2v) is 3.50. The summed E-state index contributed by atoms with van der Waals surface area (Å²) in [6, 6.07) is 1.93. The van der Waals surface area contributed by atoms with Gasteiger partial charge in [-0.05, 0) is 30.5 Å². The minimum atomic E-state index is -0.561. The third kappa shape index (κ3) is 2.29. The van der Waals surface area contributed by atoms with Gasteiger partial charge in [0.1, 0.15) is 11.6 Å². The molecule has 0 spiro atoms. The summed E-state index contributed by atoms with van der Waals surface area (Å²) < 4.78 is 26.1. The molecule has 1 aromatic carbocycles. The Morgan fingerprint density at radius 2 is 2.00 bits per heavy atom. The first-order chi connectivity index (χ1) is 6.56. The molecule has 2 N–H and O–H groups in total. The van der Waals surface area contributed by atoms with Crippen molar-refractivity contribution in [1.29, 1.82) is 0 Å². The van der Waals surface area contributed by atoms with Gasteiger partial charge in [0.15, 0.2) is 0 Å². The van der Waals surface area contributed by atoms with Crippen molar-refractivity contribution in [3.8, 4) is 0 Å². The summed E-state index contributed by atoms with van der Waals surface area (Å²) in [6.07, 6.45) is 1.64. The SMILES string of the molecule is CCCC(N)c1cc(F)cc(F)c1C. The highest BCUT2D eigenvalue weighted by molar-refractivity contribution is 5.30. The van der Waals surface area contributed by atoms with Gasteiger partial charge in [-0.15, -0.1) is 0 Å². The first-order valence-electron chi connectivity index (χ1n) is 4.77. The molecule has 78 valence electrons. The zero-order chi connectivity index (χ0) is 10.7. The maximum Gasteiger partial charge on any atom is 0.129 e. The third-order valence-corrected chi connectivity index (χ3v) is 2.35. The molecule has 0 aliphatic rings. The standard InChI is InChI=1S/C11H15F2N/c1-3-4-11(14)9-5-8(12)6-10(13)7(9)2/h5-6,11H,3-4,14H2,1-2H3. The quantitative estimate of drug-likeness (QED) is 0.795. The highest BCUT2D eigenvalue weighted by Crippen LogP contribution is 2.23. The zero-order valence-electron chi connectivity index (χ0n) is 8.48. The molecule has 0 aliphatic heterocycles. The van der Waals surface area contributed by atoms with E-state index in [4.69, 9.17) is 5.73 Å². The molecule has 1 atom stereocenters. The molecule has 0 aliphatic carbocycles. The molecule has 0 fully saturated rings. The van der Waals surface area contributed by atoms with Gasteiger partial charge in [0.25, 0.3) is 0 Å². The average Bonchev–Trinajstić information content (AvgIpc) is 2.11. The van der Waals surface area contributed by atoms with Gasteiger partial charge in [-0.2, -0.15) is 0 Å². The summed E-state index contributed by atoms with van der Waals surface area (Å²) in [5, 5.41) is 0. The van der Waals surface area contributed by atoms with Gasteiger partial charge in [-0.1, -0.05) is 13.3 Å². The van der Waals surface area contributed by atoms with E-state index in [2.05, 4.69) is 0 Å². The summed E-state index contributed by atoms with van der Waals surface area (Å²) in [6.45, 7) is 3.62. The van der Waals surface area contributed by atoms with E-state index in [1.807, 2.05) is 6.92 Å². The fourth-order valence-corrected chi connectivity index (χ4v) is 1.52. The predicted octanol–water partition coefficient (Wildman–Crippen LogP) is 3.07. The Morgan fingerprint density at radius 3 is 2.57 bits per heavy atom. The molecule has 0 amide bonds. The van der Waals surface area contributed by atoms with Crippen molar-refractivity contribution in [2.45, 2.75) is 32.7 Å². The van der Waals surface area contributed by atoms with Gasteiger partial charge in [0.2, 0.25) is 0 Å². The maximum absolute atomic E-state index is 13.1. The first kappa shape index (κ1) is 11.1. The lowest BCUT2D eigenvalue weighted by Crippen LogP contribution is -2.12. The fraction of sp³-hybridized carbons (Fsp3) is 0.455. The van der Waals surface area contributed by atoms with E-state index in [0.717, 1.165) is 18.9 Å². The molecule has 14 heavy (non-hydrogen) atoms. The van der Waals surface area contributed by atoms with E-state index in [0.29, 0.717) is 11.1 Å². The Labute approximate surface area is 82.9 Å². The van der Waals surface area contributed by atoms with Gasteiger partial charge in [-0.3, -0.25) is 0 Å². The van der Waals surface area contributed by atoms with Crippen LogP contribution in [0.2, 0.25) is 0 Å².